The molecular formula is C15H20N2O3. The van der Waals surface area contributed by atoms with Crippen LogP contribution in [-0.2, 0) is 20.7 Å². The van der Waals surface area contributed by atoms with Gasteiger partial charge >= 0.3 is 5.97 Å². The van der Waals surface area contributed by atoms with E-state index in [0.717, 1.165) is 23.2 Å². The van der Waals surface area contributed by atoms with Gasteiger partial charge < -0.3 is 15.8 Å². The number of esters is 1. The Kier molecular flexibility index (Phi) is 4.74. The summed E-state index contributed by atoms with van der Waals surface area (Å²) in [6.45, 7) is 2.21. The summed E-state index contributed by atoms with van der Waals surface area (Å²) in [6.07, 6.45) is 2.23. The molecule has 5 nitrogen and oxygen atoms in total. The largest absolute Gasteiger partial charge is 0.466 e. The lowest BCUT2D eigenvalue weighted by Gasteiger charge is -2.13. The van der Waals surface area contributed by atoms with E-state index in [1.54, 1.807) is 6.92 Å². The second-order valence-corrected chi connectivity index (χ2v) is 4.95. The fraction of sp³-hybridized carbons (Fsp3) is 0.467. The smallest absolute Gasteiger partial charge is 0.305 e. The first-order chi connectivity index (χ1) is 9.60. The zero-order valence-electron chi connectivity index (χ0n) is 11.6. The van der Waals surface area contributed by atoms with Gasteiger partial charge in [0.2, 0.25) is 5.91 Å². The Labute approximate surface area is 118 Å². The standard InChI is InChI=1S/C15H20N2O3/c1-2-20-15(19)5-3-4-12(16)10-6-7-13-11(8-10)9-14(18)17-13/h6-8,12H,2-5,9,16H2,1H3,(H,17,18). The van der Waals surface area contributed by atoms with E-state index in [9.17, 15) is 9.59 Å². The average molecular weight is 276 g/mol. The third-order valence-electron chi connectivity index (χ3n) is 3.38. The molecule has 1 aliphatic heterocycles. The molecule has 20 heavy (non-hydrogen) atoms. The molecule has 3 N–H and O–H groups in total. The topological polar surface area (TPSA) is 81.4 Å². The van der Waals surface area contributed by atoms with Crippen molar-refractivity contribution in [2.24, 2.45) is 5.73 Å². The van der Waals surface area contributed by atoms with Gasteiger partial charge in [0, 0.05) is 18.2 Å². The summed E-state index contributed by atoms with van der Waals surface area (Å²) >= 11 is 0. The molecule has 1 unspecified atom stereocenters. The molecule has 2 rings (SSSR count). The lowest BCUT2D eigenvalue weighted by molar-refractivity contribution is -0.143. The molecule has 5 heteroatoms. The second-order valence-electron chi connectivity index (χ2n) is 4.95. The van der Waals surface area contributed by atoms with E-state index in [4.69, 9.17) is 10.5 Å². The number of hydrogen-bond donors (Lipinski definition) is 2. The van der Waals surface area contributed by atoms with Crippen molar-refractivity contribution < 1.29 is 14.3 Å². The molecule has 0 fully saturated rings. The van der Waals surface area contributed by atoms with E-state index in [0.29, 0.717) is 25.9 Å². The van der Waals surface area contributed by atoms with Crippen LogP contribution in [0.2, 0.25) is 0 Å². The third-order valence-corrected chi connectivity index (χ3v) is 3.38. The Morgan fingerprint density at radius 3 is 3.05 bits per heavy atom. The summed E-state index contributed by atoms with van der Waals surface area (Å²) < 4.78 is 4.88. The minimum absolute atomic E-state index is 0.0213. The number of benzene rings is 1. The normalized spacial score (nSPS) is 14.6. The summed E-state index contributed by atoms with van der Waals surface area (Å²) in [7, 11) is 0. The molecule has 0 radical (unpaired) electrons. The Morgan fingerprint density at radius 2 is 2.30 bits per heavy atom. The average Bonchev–Trinajstić information content (AvgIpc) is 2.77. The van der Waals surface area contributed by atoms with Gasteiger partial charge in [0.25, 0.3) is 0 Å². The highest BCUT2D eigenvalue weighted by molar-refractivity contribution is 5.99. The number of carbonyl (C=O) groups is 2. The highest BCUT2D eigenvalue weighted by atomic mass is 16.5. The first-order valence-electron chi connectivity index (χ1n) is 6.94. The monoisotopic (exact) mass is 276 g/mol. The van der Waals surface area contributed by atoms with Crippen molar-refractivity contribution in [3.8, 4) is 0 Å². The van der Waals surface area contributed by atoms with Gasteiger partial charge in [0.1, 0.15) is 0 Å². The van der Waals surface area contributed by atoms with Crippen LogP contribution in [0.5, 0.6) is 0 Å². The predicted molar refractivity (Wildman–Crippen MR) is 76.2 cm³/mol. The zero-order valence-corrected chi connectivity index (χ0v) is 11.6. The van der Waals surface area contributed by atoms with Crippen LogP contribution in [0, 0.1) is 0 Å². The van der Waals surface area contributed by atoms with Crippen LogP contribution < -0.4 is 11.1 Å². The maximum Gasteiger partial charge on any atom is 0.305 e. The molecule has 1 aromatic carbocycles. The van der Waals surface area contributed by atoms with Crippen LogP contribution in [0.3, 0.4) is 0 Å². The Hall–Kier alpha value is -1.88. The van der Waals surface area contributed by atoms with Gasteiger partial charge in [-0.15, -0.1) is 0 Å². The molecule has 1 amide bonds. The Bertz CT molecular complexity index is 514. The van der Waals surface area contributed by atoms with E-state index in [1.165, 1.54) is 0 Å². The molecule has 1 heterocycles. The van der Waals surface area contributed by atoms with Crippen LogP contribution in [0.15, 0.2) is 18.2 Å². The highest BCUT2D eigenvalue weighted by Crippen LogP contribution is 2.27. The Balaban J connectivity index is 1.87. The van der Waals surface area contributed by atoms with Gasteiger partial charge in [-0.05, 0) is 37.0 Å². The molecule has 0 bridgehead atoms. The molecular weight excluding hydrogens is 256 g/mol. The molecule has 1 aromatic rings. The highest BCUT2D eigenvalue weighted by Gasteiger charge is 2.18. The summed E-state index contributed by atoms with van der Waals surface area (Å²) in [5.74, 6) is -0.156. The van der Waals surface area contributed by atoms with Crippen LogP contribution in [0.1, 0.15) is 43.4 Å². The van der Waals surface area contributed by atoms with E-state index in [-0.39, 0.29) is 17.9 Å². The van der Waals surface area contributed by atoms with Crippen molar-refractivity contribution in [1.29, 1.82) is 0 Å². The first-order valence-corrected chi connectivity index (χ1v) is 6.94. The molecule has 0 saturated heterocycles. The summed E-state index contributed by atoms with van der Waals surface area (Å²) in [5, 5.41) is 2.79. The van der Waals surface area contributed by atoms with Crippen LogP contribution >= 0.6 is 0 Å². The summed E-state index contributed by atoms with van der Waals surface area (Å²) in [5.41, 5.74) is 9.00. The summed E-state index contributed by atoms with van der Waals surface area (Å²) in [4.78, 5) is 22.5. The number of ether oxygens (including phenoxy) is 1. The number of fused-ring (bicyclic) bond motifs is 1. The van der Waals surface area contributed by atoms with Gasteiger partial charge in [-0.3, -0.25) is 9.59 Å². The van der Waals surface area contributed by atoms with Crippen LogP contribution in [0.4, 0.5) is 5.69 Å². The fourth-order valence-electron chi connectivity index (χ4n) is 2.35. The van der Waals surface area contributed by atoms with Crippen molar-refractivity contribution in [3.05, 3.63) is 29.3 Å². The number of amides is 1. The molecule has 0 saturated carbocycles. The van der Waals surface area contributed by atoms with E-state index < -0.39 is 0 Å². The maximum absolute atomic E-state index is 11.3. The van der Waals surface area contributed by atoms with Gasteiger partial charge in [-0.2, -0.15) is 0 Å². The van der Waals surface area contributed by atoms with Gasteiger partial charge in [-0.25, -0.2) is 0 Å². The number of nitrogens with one attached hydrogen (secondary N) is 1. The third kappa shape index (κ3) is 3.57. The predicted octanol–water partition coefficient (Wildman–Crippen LogP) is 1.91. The molecule has 108 valence electrons. The molecule has 0 aromatic heterocycles. The van der Waals surface area contributed by atoms with Crippen molar-refractivity contribution in [2.75, 3.05) is 11.9 Å². The fourth-order valence-corrected chi connectivity index (χ4v) is 2.35. The number of rotatable bonds is 6. The molecule has 0 aliphatic carbocycles. The first kappa shape index (κ1) is 14.5. The number of carbonyl (C=O) groups excluding carboxylic acids is 2. The molecule has 1 atom stereocenters. The van der Waals surface area contributed by atoms with Gasteiger partial charge in [0.15, 0.2) is 0 Å². The number of hydrogen-bond acceptors (Lipinski definition) is 4. The number of anilines is 1. The van der Waals surface area contributed by atoms with Crippen LogP contribution in [0.25, 0.3) is 0 Å². The van der Waals surface area contributed by atoms with Crippen LogP contribution in [-0.4, -0.2) is 18.5 Å². The zero-order chi connectivity index (χ0) is 14.5. The maximum atomic E-state index is 11.3. The molecule has 1 aliphatic rings. The van der Waals surface area contributed by atoms with Gasteiger partial charge in [0.05, 0.1) is 13.0 Å². The Morgan fingerprint density at radius 1 is 1.50 bits per heavy atom. The van der Waals surface area contributed by atoms with E-state index >= 15 is 0 Å². The second kappa shape index (κ2) is 6.52. The quantitative estimate of drug-likeness (QED) is 0.778. The van der Waals surface area contributed by atoms with Crippen molar-refractivity contribution in [3.63, 3.8) is 0 Å². The number of nitrogens with two attached hydrogens (primary N) is 1. The van der Waals surface area contributed by atoms with E-state index in [2.05, 4.69) is 5.32 Å². The van der Waals surface area contributed by atoms with E-state index in [1.807, 2.05) is 18.2 Å². The van der Waals surface area contributed by atoms with Crippen molar-refractivity contribution in [1.82, 2.24) is 0 Å². The summed E-state index contributed by atoms with van der Waals surface area (Å²) in [6, 6.07) is 5.67. The minimum atomic E-state index is -0.177. The lowest BCUT2D eigenvalue weighted by atomic mass is 9.99. The lowest BCUT2D eigenvalue weighted by Crippen LogP contribution is -2.12. The van der Waals surface area contributed by atoms with Crippen molar-refractivity contribution in [2.45, 2.75) is 38.6 Å². The van der Waals surface area contributed by atoms with Crippen molar-refractivity contribution >= 4 is 17.6 Å². The SMILES string of the molecule is CCOC(=O)CCCC(N)c1ccc2c(c1)CC(=O)N2. The minimum Gasteiger partial charge on any atom is -0.466 e. The molecule has 0 spiro atoms. The van der Waals surface area contributed by atoms with Gasteiger partial charge in [-0.1, -0.05) is 12.1 Å².